The number of rotatable bonds is 7. The molecular formula is C16H18F3N3O2. The largest absolute Gasteiger partial charge is 0.489 e. The molecule has 0 aliphatic carbocycles. The van der Waals surface area contributed by atoms with E-state index >= 15 is 0 Å². The van der Waals surface area contributed by atoms with Crippen LogP contribution in [0.5, 0.6) is 5.75 Å². The van der Waals surface area contributed by atoms with Crippen LogP contribution in [0.4, 0.5) is 13.2 Å². The van der Waals surface area contributed by atoms with Gasteiger partial charge in [0, 0.05) is 12.5 Å². The standard InChI is InChI=1S/C16H18F3N3O2/c1-4-7-23-13-6-5-11(16(17,18)19)9-12(13)15-21-14(22-24-15)8-10(2)20-3/h4-6,9-10,20H,1,7-8H2,2-3H3. The van der Waals surface area contributed by atoms with Gasteiger partial charge < -0.3 is 14.6 Å². The first-order valence-electron chi connectivity index (χ1n) is 7.30. The van der Waals surface area contributed by atoms with Gasteiger partial charge in [0.05, 0.1) is 11.1 Å². The van der Waals surface area contributed by atoms with Crippen LogP contribution in [0, 0.1) is 0 Å². The minimum Gasteiger partial charge on any atom is -0.489 e. The molecule has 0 aliphatic heterocycles. The lowest BCUT2D eigenvalue weighted by Crippen LogP contribution is -2.24. The Balaban J connectivity index is 2.39. The van der Waals surface area contributed by atoms with E-state index in [1.54, 1.807) is 7.05 Å². The summed E-state index contributed by atoms with van der Waals surface area (Å²) in [6.45, 7) is 5.60. The summed E-state index contributed by atoms with van der Waals surface area (Å²) in [6.07, 6.45) is -2.49. The van der Waals surface area contributed by atoms with E-state index in [9.17, 15) is 13.2 Å². The number of aromatic nitrogens is 2. The molecule has 1 unspecified atom stereocenters. The van der Waals surface area contributed by atoms with Crippen molar-refractivity contribution in [3.63, 3.8) is 0 Å². The van der Waals surface area contributed by atoms with E-state index in [1.165, 1.54) is 12.1 Å². The van der Waals surface area contributed by atoms with Crippen molar-refractivity contribution in [1.29, 1.82) is 0 Å². The van der Waals surface area contributed by atoms with Crippen LogP contribution >= 0.6 is 0 Å². The topological polar surface area (TPSA) is 60.2 Å². The first kappa shape index (κ1) is 18.0. The maximum Gasteiger partial charge on any atom is 0.416 e. The fraction of sp³-hybridized carbons (Fsp3) is 0.375. The summed E-state index contributed by atoms with van der Waals surface area (Å²) in [5, 5.41) is 6.84. The maximum atomic E-state index is 13.0. The first-order valence-corrected chi connectivity index (χ1v) is 7.30. The number of halogens is 3. The molecule has 1 aromatic carbocycles. The third kappa shape index (κ3) is 4.35. The van der Waals surface area contributed by atoms with Gasteiger partial charge in [-0.2, -0.15) is 18.2 Å². The van der Waals surface area contributed by atoms with Crippen molar-refractivity contribution in [2.24, 2.45) is 0 Å². The number of hydrogen-bond donors (Lipinski definition) is 1. The molecule has 1 atom stereocenters. The average molecular weight is 341 g/mol. The van der Waals surface area contributed by atoms with Gasteiger partial charge in [-0.25, -0.2) is 0 Å². The molecule has 0 saturated carbocycles. The van der Waals surface area contributed by atoms with Crippen LogP contribution in [-0.2, 0) is 12.6 Å². The van der Waals surface area contributed by atoms with Crippen molar-refractivity contribution in [2.75, 3.05) is 13.7 Å². The van der Waals surface area contributed by atoms with Gasteiger partial charge in [0.1, 0.15) is 12.4 Å². The van der Waals surface area contributed by atoms with Gasteiger partial charge in [-0.15, -0.1) is 0 Å². The third-order valence-corrected chi connectivity index (χ3v) is 3.34. The van der Waals surface area contributed by atoms with Crippen LogP contribution in [0.15, 0.2) is 35.4 Å². The van der Waals surface area contributed by atoms with Gasteiger partial charge in [0.2, 0.25) is 0 Å². The molecule has 130 valence electrons. The summed E-state index contributed by atoms with van der Waals surface area (Å²) >= 11 is 0. The Hall–Kier alpha value is -2.35. The van der Waals surface area contributed by atoms with Crippen molar-refractivity contribution in [3.05, 3.63) is 42.2 Å². The van der Waals surface area contributed by atoms with Gasteiger partial charge >= 0.3 is 6.18 Å². The Kier molecular flexibility index (Phi) is 5.61. The summed E-state index contributed by atoms with van der Waals surface area (Å²) in [4.78, 5) is 4.17. The molecule has 0 aliphatic rings. The van der Waals surface area contributed by atoms with Crippen LogP contribution in [-0.4, -0.2) is 29.8 Å². The lowest BCUT2D eigenvalue weighted by molar-refractivity contribution is -0.137. The van der Waals surface area contributed by atoms with Gasteiger partial charge in [0.15, 0.2) is 5.82 Å². The van der Waals surface area contributed by atoms with Crippen molar-refractivity contribution in [1.82, 2.24) is 15.5 Å². The SMILES string of the molecule is C=CCOc1ccc(C(F)(F)F)cc1-c1nc(CC(C)NC)no1. The molecule has 0 saturated heterocycles. The summed E-state index contributed by atoms with van der Waals surface area (Å²) in [6, 6.07) is 3.23. The highest BCUT2D eigenvalue weighted by molar-refractivity contribution is 5.64. The molecule has 8 heteroatoms. The van der Waals surface area contributed by atoms with Gasteiger partial charge in [0.25, 0.3) is 5.89 Å². The summed E-state index contributed by atoms with van der Waals surface area (Å²) < 4.78 is 49.4. The Morgan fingerprint density at radius 1 is 1.42 bits per heavy atom. The molecule has 1 N–H and O–H groups in total. The second-order valence-electron chi connectivity index (χ2n) is 5.22. The Bertz CT molecular complexity index is 698. The van der Waals surface area contributed by atoms with Crippen molar-refractivity contribution in [3.8, 4) is 17.2 Å². The number of nitrogens with one attached hydrogen (secondary N) is 1. The highest BCUT2D eigenvalue weighted by Crippen LogP contribution is 2.36. The molecule has 1 aromatic heterocycles. The molecule has 0 bridgehead atoms. The number of ether oxygens (including phenoxy) is 1. The molecule has 2 rings (SSSR count). The van der Waals surface area contributed by atoms with Crippen LogP contribution in [0.2, 0.25) is 0 Å². The molecule has 0 fully saturated rings. The van der Waals surface area contributed by atoms with E-state index in [2.05, 4.69) is 22.0 Å². The Morgan fingerprint density at radius 2 is 2.17 bits per heavy atom. The second kappa shape index (κ2) is 7.48. The van der Waals surface area contributed by atoms with E-state index in [-0.39, 0.29) is 29.9 Å². The highest BCUT2D eigenvalue weighted by Gasteiger charge is 2.32. The lowest BCUT2D eigenvalue weighted by Gasteiger charge is -2.11. The zero-order valence-corrected chi connectivity index (χ0v) is 13.4. The molecule has 0 spiro atoms. The highest BCUT2D eigenvalue weighted by atomic mass is 19.4. The summed E-state index contributed by atoms with van der Waals surface area (Å²) in [5.41, 5.74) is -0.714. The molecule has 0 amide bonds. The minimum absolute atomic E-state index is 0.0153. The van der Waals surface area contributed by atoms with E-state index in [0.717, 1.165) is 12.1 Å². The maximum absolute atomic E-state index is 13.0. The van der Waals surface area contributed by atoms with Crippen LogP contribution < -0.4 is 10.1 Å². The quantitative estimate of drug-likeness (QED) is 0.782. The zero-order valence-electron chi connectivity index (χ0n) is 13.4. The van der Waals surface area contributed by atoms with Crippen molar-refractivity contribution < 1.29 is 22.4 Å². The van der Waals surface area contributed by atoms with E-state index in [1.807, 2.05) is 6.92 Å². The summed E-state index contributed by atoms with van der Waals surface area (Å²) in [7, 11) is 1.79. The summed E-state index contributed by atoms with van der Waals surface area (Å²) in [5.74, 6) is 0.608. The molecular weight excluding hydrogens is 323 g/mol. The van der Waals surface area contributed by atoms with Gasteiger partial charge in [-0.1, -0.05) is 17.8 Å². The predicted molar refractivity (Wildman–Crippen MR) is 82.7 cm³/mol. The van der Waals surface area contributed by atoms with Crippen molar-refractivity contribution >= 4 is 0 Å². The van der Waals surface area contributed by atoms with Crippen molar-refractivity contribution in [2.45, 2.75) is 25.6 Å². The first-order chi connectivity index (χ1) is 11.3. The Morgan fingerprint density at radius 3 is 2.79 bits per heavy atom. The normalized spacial score (nSPS) is 12.9. The number of alkyl halides is 3. The number of hydrogen-bond acceptors (Lipinski definition) is 5. The van der Waals surface area contributed by atoms with E-state index in [4.69, 9.17) is 9.26 Å². The molecule has 2 aromatic rings. The lowest BCUT2D eigenvalue weighted by atomic mass is 10.1. The second-order valence-corrected chi connectivity index (χ2v) is 5.22. The van der Waals surface area contributed by atoms with Gasteiger partial charge in [-0.05, 0) is 32.2 Å². The van der Waals surface area contributed by atoms with Crippen LogP contribution in [0.1, 0.15) is 18.3 Å². The number of nitrogens with zero attached hydrogens (tertiary/aromatic N) is 2. The molecule has 5 nitrogen and oxygen atoms in total. The fourth-order valence-electron chi connectivity index (χ4n) is 1.97. The molecule has 0 radical (unpaired) electrons. The average Bonchev–Trinajstić information content (AvgIpc) is 3.00. The smallest absolute Gasteiger partial charge is 0.416 e. The van der Waals surface area contributed by atoms with Crippen LogP contribution in [0.25, 0.3) is 11.5 Å². The fourth-order valence-corrected chi connectivity index (χ4v) is 1.97. The van der Waals surface area contributed by atoms with Crippen LogP contribution in [0.3, 0.4) is 0 Å². The van der Waals surface area contributed by atoms with E-state index in [0.29, 0.717) is 12.2 Å². The monoisotopic (exact) mass is 341 g/mol. The third-order valence-electron chi connectivity index (χ3n) is 3.34. The minimum atomic E-state index is -4.48. The number of likely N-dealkylation sites (N-methyl/N-ethyl adjacent to an activating group) is 1. The molecule has 1 heterocycles. The Labute approximate surface area is 137 Å². The van der Waals surface area contributed by atoms with E-state index < -0.39 is 11.7 Å². The number of benzene rings is 1. The molecule has 24 heavy (non-hydrogen) atoms. The van der Waals surface area contributed by atoms with Gasteiger partial charge in [-0.3, -0.25) is 0 Å². The predicted octanol–water partition coefficient (Wildman–Crippen LogP) is 3.47. The zero-order chi connectivity index (χ0) is 17.7.